The first-order valence-electron chi connectivity index (χ1n) is 6.81. The molecule has 0 saturated carbocycles. The Kier molecular flexibility index (Phi) is 3.53. The lowest BCUT2D eigenvalue weighted by molar-refractivity contribution is 0.376. The van der Waals surface area contributed by atoms with Crippen LogP contribution in [0.3, 0.4) is 0 Å². The highest BCUT2D eigenvalue weighted by molar-refractivity contribution is 7.61. The Labute approximate surface area is 116 Å². The van der Waals surface area contributed by atoms with Gasteiger partial charge in [-0.2, -0.15) is 0 Å². The first-order valence-corrected chi connectivity index (χ1v) is 8.47. The minimum absolute atomic E-state index is 0.0525. The second-order valence-electron chi connectivity index (χ2n) is 6.09. The summed E-state index contributed by atoms with van der Waals surface area (Å²) < 4.78 is 13.4. The summed E-state index contributed by atoms with van der Waals surface area (Å²) in [6.45, 7) is 7.84. The average molecular weight is 278 g/mol. The van der Waals surface area contributed by atoms with E-state index in [-0.39, 0.29) is 11.8 Å². The van der Waals surface area contributed by atoms with Gasteiger partial charge in [-0.05, 0) is 25.7 Å². The monoisotopic (exact) mass is 278 g/mol. The SMILES string of the molecule is CC1C=CC=CC1(C)P(=O)(O)C1(C)C=CC=CC1C. The normalized spacial score (nSPS) is 44.3. The third-order valence-electron chi connectivity index (χ3n) is 5.04. The molecular formula is C16H23O2P. The van der Waals surface area contributed by atoms with Crippen LogP contribution in [0.25, 0.3) is 0 Å². The highest BCUT2D eigenvalue weighted by Gasteiger charge is 2.56. The lowest BCUT2D eigenvalue weighted by atomic mass is 9.89. The number of rotatable bonds is 2. The van der Waals surface area contributed by atoms with E-state index in [1.807, 2.05) is 76.3 Å². The molecule has 0 heterocycles. The van der Waals surface area contributed by atoms with Crippen LogP contribution in [0, 0.1) is 11.8 Å². The van der Waals surface area contributed by atoms with Gasteiger partial charge in [-0.25, -0.2) is 0 Å². The van der Waals surface area contributed by atoms with E-state index in [2.05, 4.69) is 0 Å². The zero-order chi connectivity index (χ0) is 14.3. The molecule has 0 saturated heterocycles. The van der Waals surface area contributed by atoms with Crippen molar-refractivity contribution in [3.63, 3.8) is 0 Å². The van der Waals surface area contributed by atoms with Gasteiger partial charge in [-0.3, -0.25) is 4.57 Å². The highest BCUT2D eigenvalue weighted by Crippen LogP contribution is 2.70. The van der Waals surface area contributed by atoms with Crippen LogP contribution in [-0.4, -0.2) is 15.2 Å². The maximum absolute atomic E-state index is 13.4. The number of hydrogen-bond acceptors (Lipinski definition) is 1. The van der Waals surface area contributed by atoms with E-state index in [4.69, 9.17) is 0 Å². The van der Waals surface area contributed by atoms with E-state index in [9.17, 15) is 9.46 Å². The van der Waals surface area contributed by atoms with Crippen LogP contribution in [0.15, 0.2) is 48.6 Å². The van der Waals surface area contributed by atoms with E-state index in [1.165, 1.54) is 0 Å². The van der Waals surface area contributed by atoms with Gasteiger partial charge < -0.3 is 4.89 Å². The molecule has 0 aliphatic heterocycles. The Hall–Kier alpha value is -0.850. The van der Waals surface area contributed by atoms with Crippen molar-refractivity contribution in [2.24, 2.45) is 11.8 Å². The minimum Gasteiger partial charge on any atom is -0.343 e. The van der Waals surface area contributed by atoms with Gasteiger partial charge in [0.05, 0.1) is 10.3 Å². The standard InChI is InChI=1S/C16H23O2P/c1-13-9-5-7-11-15(13,3)19(17,18)16(4)12-8-6-10-14(16)2/h5-14H,1-4H3,(H,17,18). The molecule has 0 fully saturated rings. The molecule has 19 heavy (non-hydrogen) atoms. The maximum atomic E-state index is 13.4. The zero-order valence-electron chi connectivity index (χ0n) is 12.1. The van der Waals surface area contributed by atoms with Gasteiger partial charge in [-0.15, -0.1) is 0 Å². The quantitative estimate of drug-likeness (QED) is 0.765. The first-order chi connectivity index (χ1) is 8.76. The van der Waals surface area contributed by atoms with Gasteiger partial charge in [0.1, 0.15) is 0 Å². The third kappa shape index (κ3) is 1.93. The van der Waals surface area contributed by atoms with Crippen LogP contribution in [0.4, 0.5) is 0 Å². The Balaban J connectivity index is 2.51. The van der Waals surface area contributed by atoms with Crippen molar-refractivity contribution in [2.75, 3.05) is 0 Å². The molecule has 2 aliphatic rings. The van der Waals surface area contributed by atoms with Gasteiger partial charge in [-0.1, -0.05) is 62.5 Å². The van der Waals surface area contributed by atoms with Gasteiger partial charge in [0.2, 0.25) is 7.37 Å². The third-order valence-corrected chi connectivity index (χ3v) is 8.76. The van der Waals surface area contributed by atoms with Gasteiger partial charge in [0.15, 0.2) is 0 Å². The number of allylic oxidation sites excluding steroid dienone is 8. The molecule has 2 aliphatic carbocycles. The molecule has 0 radical (unpaired) electrons. The summed E-state index contributed by atoms with van der Waals surface area (Å²) in [7, 11) is -3.46. The topological polar surface area (TPSA) is 37.3 Å². The van der Waals surface area contributed by atoms with Crippen LogP contribution < -0.4 is 0 Å². The number of hydrogen-bond donors (Lipinski definition) is 1. The van der Waals surface area contributed by atoms with Crippen LogP contribution in [0.5, 0.6) is 0 Å². The molecule has 2 nitrogen and oxygen atoms in total. The van der Waals surface area contributed by atoms with E-state index >= 15 is 0 Å². The van der Waals surface area contributed by atoms with Crippen molar-refractivity contribution in [3.05, 3.63) is 48.6 Å². The molecule has 104 valence electrons. The van der Waals surface area contributed by atoms with Gasteiger partial charge in [0, 0.05) is 0 Å². The van der Waals surface area contributed by atoms with Crippen molar-refractivity contribution >= 4 is 7.37 Å². The van der Waals surface area contributed by atoms with E-state index in [0.717, 1.165) is 0 Å². The fourth-order valence-electron chi connectivity index (χ4n) is 2.93. The zero-order valence-corrected chi connectivity index (χ0v) is 13.0. The van der Waals surface area contributed by atoms with Crippen molar-refractivity contribution in [1.82, 2.24) is 0 Å². The summed E-state index contributed by atoms with van der Waals surface area (Å²) in [4.78, 5) is 11.0. The second kappa shape index (κ2) is 4.61. The predicted molar refractivity (Wildman–Crippen MR) is 81.5 cm³/mol. The summed E-state index contributed by atoms with van der Waals surface area (Å²) in [6.07, 6.45) is 15.5. The minimum atomic E-state index is -3.46. The molecule has 4 unspecified atom stereocenters. The van der Waals surface area contributed by atoms with Gasteiger partial charge >= 0.3 is 0 Å². The molecule has 0 bridgehead atoms. The molecule has 2 rings (SSSR count). The summed E-state index contributed by atoms with van der Waals surface area (Å²) >= 11 is 0. The molecule has 0 amide bonds. The average Bonchev–Trinajstić information content (AvgIpc) is 2.36. The fraction of sp³-hybridized carbons (Fsp3) is 0.500. The molecule has 0 spiro atoms. The van der Waals surface area contributed by atoms with Crippen LogP contribution in [0.2, 0.25) is 0 Å². The van der Waals surface area contributed by atoms with E-state index in [1.54, 1.807) is 0 Å². The van der Waals surface area contributed by atoms with Crippen LogP contribution in [0.1, 0.15) is 27.7 Å². The molecule has 0 aromatic carbocycles. The van der Waals surface area contributed by atoms with E-state index < -0.39 is 17.7 Å². The fourth-order valence-corrected chi connectivity index (χ4v) is 5.82. The van der Waals surface area contributed by atoms with Crippen molar-refractivity contribution in [1.29, 1.82) is 0 Å². The maximum Gasteiger partial charge on any atom is 0.220 e. The van der Waals surface area contributed by atoms with Crippen molar-refractivity contribution in [3.8, 4) is 0 Å². The molecule has 4 atom stereocenters. The van der Waals surface area contributed by atoms with Crippen molar-refractivity contribution < 1.29 is 9.46 Å². The summed E-state index contributed by atoms with van der Waals surface area (Å²) in [5.74, 6) is 0.105. The Morgan fingerprint density at radius 2 is 1.26 bits per heavy atom. The summed E-state index contributed by atoms with van der Waals surface area (Å²) in [5, 5.41) is -1.42. The van der Waals surface area contributed by atoms with Crippen LogP contribution in [-0.2, 0) is 4.57 Å². The highest BCUT2D eigenvalue weighted by atomic mass is 31.2. The molecule has 0 aromatic rings. The largest absolute Gasteiger partial charge is 0.343 e. The lowest BCUT2D eigenvalue weighted by Gasteiger charge is -2.47. The predicted octanol–water partition coefficient (Wildman–Crippen LogP) is 4.30. The molecular weight excluding hydrogens is 255 g/mol. The molecule has 3 heteroatoms. The Bertz CT molecular complexity index is 485. The van der Waals surface area contributed by atoms with E-state index in [0.29, 0.717) is 0 Å². The van der Waals surface area contributed by atoms with Crippen molar-refractivity contribution in [2.45, 2.75) is 38.0 Å². The summed E-state index contributed by atoms with van der Waals surface area (Å²) in [6, 6.07) is 0. The Morgan fingerprint density at radius 1 is 0.895 bits per heavy atom. The van der Waals surface area contributed by atoms with Gasteiger partial charge in [0.25, 0.3) is 0 Å². The summed E-state index contributed by atoms with van der Waals surface area (Å²) in [5.41, 5.74) is 0. The smallest absolute Gasteiger partial charge is 0.220 e. The molecule has 1 N–H and O–H groups in total. The first kappa shape index (κ1) is 14.6. The van der Waals surface area contributed by atoms with Crippen LogP contribution >= 0.6 is 7.37 Å². The second-order valence-corrected chi connectivity index (χ2v) is 9.17. The Morgan fingerprint density at radius 3 is 1.58 bits per heavy atom. The molecule has 0 aromatic heterocycles. The lowest BCUT2D eigenvalue weighted by Crippen LogP contribution is -2.43.